The minimum absolute atomic E-state index is 0.00365. The fourth-order valence-corrected chi connectivity index (χ4v) is 4.77. The largest absolute Gasteiger partial charge is 0.508 e. The van der Waals surface area contributed by atoms with Crippen LogP contribution in [0.5, 0.6) is 17.2 Å². The van der Waals surface area contributed by atoms with E-state index in [2.05, 4.69) is 21.1 Å². The molecule has 0 radical (unpaired) electrons. The van der Waals surface area contributed by atoms with Gasteiger partial charge in [0.05, 0.1) is 30.9 Å². The highest BCUT2D eigenvalue weighted by molar-refractivity contribution is 6.28. The zero-order valence-corrected chi connectivity index (χ0v) is 28.1. The van der Waals surface area contributed by atoms with Crippen molar-refractivity contribution < 1.29 is 43.7 Å². The first-order valence-electron chi connectivity index (χ1n) is 15.6. The van der Waals surface area contributed by atoms with Gasteiger partial charge in [-0.05, 0) is 96.4 Å². The van der Waals surface area contributed by atoms with E-state index in [-0.39, 0.29) is 11.5 Å². The van der Waals surface area contributed by atoms with Gasteiger partial charge in [0, 0.05) is 35.4 Å². The van der Waals surface area contributed by atoms with Crippen molar-refractivity contribution >= 4 is 59.2 Å². The molecule has 0 fully saturated rings. The van der Waals surface area contributed by atoms with Crippen LogP contribution in [0.15, 0.2) is 119 Å². The highest BCUT2D eigenvalue weighted by Crippen LogP contribution is 2.26. The average molecular weight is 715 g/mol. The predicted octanol–water partition coefficient (Wildman–Crippen LogP) is 3.49. The molecule has 0 aliphatic carbocycles. The van der Waals surface area contributed by atoms with E-state index in [0.29, 0.717) is 39.4 Å². The Morgan fingerprint density at radius 1 is 0.604 bits per heavy atom. The number of nitrogens with one attached hydrogen (secondary N) is 2. The Hall–Kier alpha value is -7.68. The SMILES string of the molecule is COc1cc(/C=N/NC(=O)c2ccc(N3C(=O)C=CC3=O)cc2)ccc1O.Cc1ccc(/C=N/NC(=O)c2ccc(N3C(=O)C=CC3=O)cc2)cc1O. The molecule has 2 heterocycles. The minimum Gasteiger partial charge on any atom is -0.508 e. The number of benzene rings is 4. The normalized spacial score (nSPS) is 13.5. The highest BCUT2D eigenvalue weighted by Gasteiger charge is 2.26. The summed E-state index contributed by atoms with van der Waals surface area (Å²) >= 11 is 0. The smallest absolute Gasteiger partial charge is 0.271 e. The summed E-state index contributed by atoms with van der Waals surface area (Å²) in [7, 11) is 1.43. The fourth-order valence-electron chi connectivity index (χ4n) is 4.77. The van der Waals surface area contributed by atoms with Crippen molar-refractivity contribution in [2.75, 3.05) is 16.9 Å². The summed E-state index contributed by atoms with van der Waals surface area (Å²) in [6.07, 6.45) is 7.59. The number of ether oxygens (including phenoxy) is 1. The molecule has 4 aromatic carbocycles. The van der Waals surface area contributed by atoms with Gasteiger partial charge in [0.1, 0.15) is 5.75 Å². The number of hydrogen-bond acceptors (Lipinski definition) is 11. The van der Waals surface area contributed by atoms with Crippen LogP contribution in [0.25, 0.3) is 0 Å². The average Bonchev–Trinajstić information content (AvgIpc) is 3.68. The van der Waals surface area contributed by atoms with E-state index in [0.717, 1.165) is 15.4 Å². The number of phenolic OH excluding ortho intramolecular Hbond substituents is 2. The van der Waals surface area contributed by atoms with Gasteiger partial charge in [0.2, 0.25) is 0 Å². The lowest BCUT2D eigenvalue weighted by Gasteiger charge is -2.13. The Bertz CT molecular complexity index is 2190. The lowest BCUT2D eigenvalue weighted by atomic mass is 10.1. The first kappa shape index (κ1) is 36.6. The molecule has 53 heavy (non-hydrogen) atoms. The summed E-state index contributed by atoms with van der Waals surface area (Å²) in [6, 6.07) is 21.7. The number of nitrogens with zero attached hydrogens (tertiary/aromatic N) is 4. The van der Waals surface area contributed by atoms with E-state index >= 15 is 0 Å². The van der Waals surface area contributed by atoms with Crippen molar-refractivity contribution in [3.63, 3.8) is 0 Å². The lowest BCUT2D eigenvalue weighted by Crippen LogP contribution is -2.29. The first-order chi connectivity index (χ1) is 25.4. The molecule has 0 unspecified atom stereocenters. The molecule has 2 aliphatic heterocycles. The number of aryl methyl sites for hydroxylation is 1. The molecule has 15 nitrogen and oxygen atoms in total. The molecule has 2 aliphatic rings. The van der Waals surface area contributed by atoms with Gasteiger partial charge >= 0.3 is 0 Å². The summed E-state index contributed by atoms with van der Waals surface area (Å²) in [5.41, 5.74) is 8.17. The second kappa shape index (κ2) is 16.4. The number of hydrogen-bond donors (Lipinski definition) is 4. The molecule has 15 heteroatoms. The topological polar surface area (TPSA) is 207 Å². The van der Waals surface area contributed by atoms with Crippen molar-refractivity contribution in [1.29, 1.82) is 0 Å². The van der Waals surface area contributed by atoms with Crippen molar-refractivity contribution in [2.45, 2.75) is 6.92 Å². The molecule has 0 atom stereocenters. The van der Waals surface area contributed by atoms with Crippen LogP contribution in [0.4, 0.5) is 11.4 Å². The van der Waals surface area contributed by atoms with E-state index in [1.54, 1.807) is 31.2 Å². The van der Waals surface area contributed by atoms with Crippen molar-refractivity contribution in [2.24, 2.45) is 10.2 Å². The van der Waals surface area contributed by atoms with Gasteiger partial charge in [-0.25, -0.2) is 20.7 Å². The van der Waals surface area contributed by atoms with E-state index in [9.17, 15) is 39.0 Å². The van der Waals surface area contributed by atoms with Gasteiger partial charge in [0.25, 0.3) is 35.4 Å². The van der Waals surface area contributed by atoms with Crippen LogP contribution < -0.4 is 25.4 Å². The van der Waals surface area contributed by atoms with Gasteiger partial charge in [0.15, 0.2) is 11.5 Å². The number of anilines is 2. The Morgan fingerprint density at radius 2 is 1.02 bits per heavy atom. The van der Waals surface area contributed by atoms with Crippen LogP contribution >= 0.6 is 0 Å². The number of phenols is 2. The fraction of sp³-hybridized carbons (Fsp3) is 0.0526. The molecule has 4 aromatic rings. The number of carbonyl (C=O) groups is 6. The summed E-state index contributed by atoms with van der Waals surface area (Å²) in [5, 5.41) is 26.9. The second-order valence-electron chi connectivity index (χ2n) is 11.2. The van der Waals surface area contributed by atoms with Crippen LogP contribution in [-0.4, -0.2) is 65.2 Å². The van der Waals surface area contributed by atoms with Crippen LogP contribution in [-0.2, 0) is 19.2 Å². The zero-order valence-electron chi connectivity index (χ0n) is 28.1. The summed E-state index contributed by atoms with van der Waals surface area (Å²) in [4.78, 5) is 72.8. The molecule has 266 valence electrons. The molecule has 4 N–H and O–H groups in total. The van der Waals surface area contributed by atoms with Crippen LogP contribution in [0.1, 0.15) is 37.4 Å². The molecule has 0 bridgehead atoms. The quantitative estimate of drug-likeness (QED) is 0.114. The van der Waals surface area contributed by atoms with Crippen LogP contribution in [0, 0.1) is 6.92 Å². The molecule has 0 saturated carbocycles. The Labute approximate surface area is 301 Å². The second-order valence-corrected chi connectivity index (χ2v) is 11.2. The van der Waals surface area contributed by atoms with E-state index in [1.165, 1.54) is 105 Å². The number of rotatable bonds is 9. The van der Waals surface area contributed by atoms with Crippen LogP contribution in [0.3, 0.4) is 0 Å². The number of hydrazone groups is 2. The maximum absolute atomic E-state index is 12.1. The standard InChI is InChI=1S/C19H15N3O5.C19H15N3O4/c1-27-16-10-12(2-7-15(16)23)11-20-21-19(26)13-3-5-14(6-4-13)22-17(24)8-9-18(22)25;1-12-2-3-13(10-16(12)23)11-20-21-19(26)14-4-6-15(7-5-14)22-17(24)8-9-18(22)25/h2-11,23H,1H3,(H,21,26);2-11,23H,1H3,(H,21,26)/b2*20-11+. The number of amides is 6. The highest BCUT2D eigenvalue weighted by atomic mass is 16.5. The summed E-state index contributed by atoms with van der Waals surface area (Å²) < 4.78 is 5.00. The third-order valence-corrected chi connectivity index (χ3v) is 7.59. The van der Waals surface area contributed by atoms with Crippen LogP contribution in [0.2, 0.25) is 0 Å². The number of imide groups is 2. The molecular formula is C38H30N6O9. The zero-order chi connectivity index (χ0) is 38.1. The van der Waals surface area contributed by atoms with E-state index < -0.39 is 35.4 Å². The maximum atomic E-state index is 12.1. The predicted molar refractivity (Wildman–Crippen MR) is 194 cm³/mol. The van der Waals surface area contributed by atoms with Crippen molar-refractivity contribution in [3.8, 4) is 17.2 Å². The van der Waals surface area contributed by atoms with E-state index in [4.69, 9.17) is 4.74 Å². The Balaban J connectivity index is 0.000000204. The van der Waals surface area contributed by atoms with Gasteiger partial charge < -0.3 is 14.9 Å². The molecule has 0 saturated heterocycles. The van der Waals surface area contributed by atoms with Crippen molar-refractivity contribution in [1.82, 2.24) is 10.9 Å². The molecule has 0 aromatic heterocycles. The number of aromatic hydroxyl groups is 2. The lowest BCUT2D eigenvalue weighted by molar-refractivity contribution is -0.121. The minimum atomic E-state index is -0.458. The summed E-state index contributed by atoms with van der Waals surface area (Å²) in [6.45, 7) is 1.78. The number of methoxy groups -OCH3 is 1. The molecular weight excluding hydrogens is 684 g/mol. The monoisotopic (exact) mass is 714 g/mol. The molecule has 0 spiro atoms. The van der Waals surface area contributed by atoms with E-state index in [1.807, 2.05) is 0 Å². The number of carbonyl (C=O) groups excluding carboxylic acids is 6. The third kappa shape index (κ3) is 8.92. The maximum Gasteiger partial charge on any atom is 0.271 e. The Kier molecular flexibility index (Phi) is 11.3. The van der Waals surface area contributed by atoms with Gasteiger partial charge in [-0.15, -0.1) is 0 Å². The first-order valence-corrected chi connectivity index (χ1v) is 15.6. The summed E-state index contributed by atoms with van der Waals surface area (Å²) in [5.74, 6) is -2.14. The van der Waals surface area contributed by atoms with Crippen molar-refractivity contribution in [3.05, 3.63) is 137 Å². The molecule has 6 rings (SSSR count). The Morgan fingerprint density at radius 3 is 1.43 bits per heavy atom. The van der Waals surface area contributed by atoms with Gasteiger partial charge in [-0.2, -0.15) is 10.2 Å². The van der Waals surface area contributed by atoms with Gasteiger partial charge in [-0.1, -0.05) is 12.1 Å². The van der Waals surface area contributed by atoms with Gasteiger partial charge in [-0.3, -0.25) is 28.8 Å². The third-order valence-electron chi connectivity index (χ3n) is 7.59. The molecule has 6 amide bonds.